The van der Waals surface area contributed by atoms with Crippen molar-refractivity contribution in [2.45, 2.75) is 38.6 Å². The van der Waals surface area contributed by atoms with Gasteiger partial charge in [0.25, 0.3) is 5.91 Å². The summed E-state index contributed by atoms with van der Waals surface area (Å²) in [5, 5.41) is 4.90. The van der Waals surface area contributed by atoms with Crippen LogP contribution in [0.15, 0.2) is 11.4 Å². The van der Waals surface area contributed by atoms with Crippen molar-refractivity contribution in [3.63, 3.8) is 0 Å². The highest BCUT2D eigenvalue weighted by molar-refractivity contribution is 7.88. The molecule has 7 heteroatoms. The van der Waals surface area contributed by atoms with Crippen molar-refractivity contribution in [1.29, 1.82) is 0 Å². The summed E-state index contributed by atoms with van der Waals surface area (Å²) < 4.78 is 24.4. The predicted octanol–water partition coefficient (Wildman–Crippen LogP) is 1.85. The molecule has 1 amide bonds. The number of nitrogens with one attached hydrogen (secondary N) is 1. The molecule has 21 heavy (non-hydrogen) atoms. The van der Waals surface area contributed by atoms with Crippen molar-refractivity contribution in [3.8, 4) is 0 Å². The Kier molecular flexibility index (Phi) is 5.40. The smallest absolute Gasteiger partial charge is 0.252 e. The molecule has 1 aromatic rings. The topological polar surface area (TPSA) is 66.5 Å². The summed E-state index contributed by atoms with van der Waals surface area (Å²) in [7, 11) is -3.11. The lowest BCUT2D eigenvalue weighted by Crippen LogP contribution is -2.46. The minimum Gasteiger partial charge on any atom is -0.349 e. The zero-order valence-electron chi connectivity index (χ0n) is 12.5. The number of hydrogen-bond donors (Lipinski definition) is 1. The second-order valence-corrected chi connectivity index (χ2v) is 8.44. The van der Waals surface area contributed by atoms with E-state index in [-0.39, 0.29) is 11.9 Å². The van der Waals surface area contributed by atoms with Gasteiger partial charge >= 0.3 is 0 Å². The average molecular weight is 330 g/mol. The Hall–Kier alpha value is -0.920. The van der Waals surface area contributed by atoms with E-state index in [9.17, 15) is 13.2 Å². The Labute approximate surface area is 130 Å². The number of aryl methyl sites for hydroxylation is 1. The fourth-order valence-electron chi connectivity index (χ4n) is 2.48. The molecule has 0 radical (unpaired) electrons. The van der Waals surface area contributed by atoms with Crippen LogP contribution in [-0.2, 0) is 16.4 Å². The zero-order valence-corrected chi connectivity index (χ0v) is 14.1. The minimum absolute atomic E-state index is 0.0496. The van der Waals surface area contributed by atoms with Gasteiger partial charge in [-0.2, -0.15) is 0 Å². The van der Waals surface area contributed by atoms with E-state index < -0.39 is 10.0 Å². The number of piperidine rings is 1. The van der Waals surface area contributed by atoms with Gasteiger partial charge in [0, 0.05) is 29.4 Å². The maximum Gasteiger partial charge on any atom is 0.252 e. The van der Waals surface area contributed by atoms with Crippen LogP contribution in [0.5, 0.6) is 0 Å². The largest absolute Gasteiger partial charge is 0.349 e. The lowest BCUT2D eigenvalue weighted by Gasteiger charge is -2.30. The lowest BCUT2D eigenvalue weighted by molar-refractivity contribution is 0.0924. The molecule has 1 aliphatic rings. The summed E-state index contributed by atoms with van der Waals surface area (Å²) >= 11 is 1.62. The first-order valence-electron chi connectivity index (χ1n) is 7.23. The standard InChI is InChI=1S/C14H22N2O3S2/c1-3-4-13-9-11(10-20-13)14(17)15-12-5-7-16(8-6-12)21(2,18)19/h9-10,12H,3-8H2,1-2H3,(H,15,17). The molecular weight excluding hydrogens is 308 g/mol. The van der Waals surface area contributed by atoms with Crippen molar-refractivity contribution in [2.75, 3.05) is 19.3 Å². The first-order valence-corrected chi connectivity index (χ1v) is 9.96. The molecule has 1 saturated heterocycles. The van der Waals surface area contributed by atoms with Crippen LogP contribution in [0.2, 0.25) is 0 Å². The molecule has 0 bridgehead atoms. The molecule has 1 fully saturated rings. The summed E-state index contributed by atoms with van der Waals surface area (Å²) in [5.74, 6) is -0.0496. The van der Waals surface area contributed by atoms with Crippen LogP contribution in [-0.4, -0.2) is 44.0 Å². The van der Waals surface area contributed by atoms with Gasteiger partial charge in [0.2, 0.25) is 10.0 Å². The monoisotopic (exact) mass is 330 g/mol. The Morgan fingerprint density at radius 2 is 2.10 bits per heavy atom. The van der Waals surface area contributed by atoms with E-state index in [2.05, 4.69) is 12.2 Å². The van der Waals surface area contributed by atoms with E-state index in [1.807, 2.05) is 11.4 Å². The Morgan fingerprint density at radius 3 is 2.67 bits per heavy atom. The molecule has 5 nitrogen and oxygen atoms in total. The van der Waals surface area contributed by atoms with E-state index in [0.717, 1.165) is 12.8 Å². The molecule has 1 aromatic heterocycles. The number of nitrogens with zero attached hydrogens (tertiary/aromatic N) is 1. The summed E-state index contributed by atoms with van der Waals surface area (Å²) in [6, 6.07) is 2.01. The molecule has 0 saturated carbocycles. The van der Waals surface area contributed by atoms with E-state index in [0.29, 0.717) is 31.5 Å². The second kappa shape index (κ2) is 6.89. The number of sulfonamides is 1. The molecule has 1 aliphatic heterocycles. The Bertz CT molecular complexity index is 587. The molecule has 0 spiro atoms. The first kappa shape index (κ1) is 16.5. The van der Waals surface area contributed by atoms with Crippen LogP contribution in [0, 0.1) is 0 Å². The normalized spacial score (nSPS) is 17.8. The SMILES string of the molecule is CCCc1cc(C(=O)NC2CCN(S(C)(=O)=O)CC2)cs1. The van der Waals surface area contributed by atoms with Gasteiger partial charge in [-0.1, -0.05) is 13.3 Å². The van der Waals surface area contributed by atoms with Crippen LogP contribution in [0.1, 0.15) is 41.4 Å². The molecular formula is C14H22N2O3S2. The molecule has 0 aromatic carbocycles. The van der Waals surface area contributed by atoms with Gasteiger partial charge in [-0.15, -0.1) is 11.3 Å². The van der Waals surface area contributed by atoms with Gasteiger partial charge in [0.05, 0.1) is 11.8 Å². The van der Waals surface area contributed by atoms with E-state index in [1.165, 1.54) is 15.4 Å². The van der Waals surface area contributed by atoms with Gasteiger partial charge in [0.15, 0.2) is 0 Å². The van der Waals surface area contributed by atoms with Gasteiger partial charge in [-0.05, 0) is 25.3 Å². The van der Waals surface area contributed by atoms with Crippen LogP contribution in [0.25, 0.3) is 0 Å². The number of hydrogen-bond acceptors (Lipinski definition) is 4. The summed E-state index contributed by atoms with van der Waals surface area (Å²) in [6.45, 7) is 3.08. The van der Waals surface area contributed by atoms with Crippen molar-refractivity contribution in [1.82, 2.24) is 9.62 Å². The number of carbonyl (C=O) groups excluding carboxylic acids is 1. The highest BCUT2D eigenvalue weighted by Crippen LogP contribution is 2.18. The van der Waals surface area contributed by atoms with E-state index in [1.54, 1.807) is 11.3 Å². The first-order chi connectivity index (χ1) is 9.90. The number of rotatable bonds is 5. The summed E-state index contributed by atoms with van der Waals surface area (Å²) in [6.07, 6.45) is 4.65. The fourth-order valence-corrected chi connectivity index (χ4v) is 4.32. The quantitative estimate of drug-likeness (QED) is 0.896. The molecule has 118 valence electrons. The highest BCUT2D eigenvalue weighted by Gasteiger charge is 2.26. The maximum atomic E-state index is 12.2. The van der Waals surface area contributed by atoms with E-state index in [4.69, 9.17) is 0 Å². The fraction of sp³-hybridized carbons (Fsp3) is 0.643. The third kappa shape index (κ3) is 4.52. The van der Waals surface area contributed by atoms with Crippen LogP contribution in [0.4, 0.5) is 0 Å². The van der Waals surface area contributed by atoms with Gasteiger partial charge < -0.3 is 5.32 Å². The van der Waals surface area contributed by atoms with E-state index >= 15 is 0 Å². The Balaban J connectivity index is 1.86. The number of thiophene rings is 1. The second-order valence-electron chi connectivity index (χ2n) is 5.46. The van der Waals surface area contributed by atoms with Crippen LogP contribution >= 0.6 is 11.3 Å². The number of amides is 1. The molecule has 0 unspecified atom stereocenters. The minimum atomic E-state index is -3.11. The average Bonchev–Trinajstić information content (AvgIpc) is 2.87. The molecule has 0 aliphatic carbocycles. The molecule has 2 heterocycles. The third-order valence-corrected chi connectivity index (χ3v) is 5.97. The Morgan fingerprint density at radius 1 is 1.43 bits per heavy atom. The van der Waals surface area contributed by atoms with Gasteiger partial charge in [-0.25, -0.2) is 12.7 Å². The van der Waals surface area contributed by atoms with Gasteiger partial charge in [-0.3, -0.25) is 4.79 Å². The summed E-state index contributed by atoms with van der Waals surface area (Å²) in [5.41, 5.74) is 0.717. The summed E-state index contributed by atoms with van der Waals surface area (Å²) in [4.78, 5) is 13.4. The number of carbonyl (C=O) groups is 1. The molecule has 0 atom stereocenters. The van der Waals surface area contributed by atoms with Crippen LogP contribution in [0.3, 0.4) is 0 Å². The van der Waals surface area contributed by atoms with Gasteiger partial charge in [0.1, 0.15) is 0 Å². The van der Waals surface area contributed by atoms with Crippen LogP contribution < -0.4 is 5.32 Å². The van der Waals surface area contributed by atoms with Crippen molar-refractivity contribution in [3.05, 3.63) is 21.9 Å². The highest BCUT2D eigenvalue weighted by atomic mass is 32.2. The predicted molar refractivity (Wildman–Crippen MR) is 85.2 cm³/mol. The molecule has 1 N–H and O–H groups in total. The van der Waals surface area contributed by atoms with Crippen molar-refractivity contribution < 1.29 is 13.2 Å². The molecule has 2 rings (SSSR count). The maximum absolute atomic E-state index is 12.2. The van der Waals surface area contributed by atoms with Crippen molar-refractivity contribution in [2.24, 2.45) is 0 Å². The zero-order chi connectivity index (χ0) is 15.5. The third-order valence-electron chi connectivity index (χ3n) is 3.67. The van der Waals surface area contributed by atoms with Crippen molar-refractivity contribution >= 4 is 27.3 Å². The lowest BCUT2D eigenvalue weighted by atomic mass is 10.1.